The summed E-state index contributed by atoms with van der Waals surface area (Å²) in [6, 6.07) is 14.1. The van der Waals surface area contributed by atoms with Crippen molar-refractivity contribution >= 4 is 43.3 Å². The van der Waals surface area contributed by atoms with Crippen LogP contribution in [0, 0.1) is 6.92 Å². The molecule has 0 saturated heterocycles. The van der Waals surface area contributed by atoms with E-state index in [1.54, 1.807) is 0 Å². The number of rotatable bonds is 0. The Morgan fingerprint density at radius 3 is 2.50 bits per heavy atom. The van der Waals surface area contributed by atoms with Gasteiger partial charge >= 0.3 is 0 Å². The number of ketones is 1. The Hall–Kier alpha value is -2.52. The number of nitrogens with zero attached hydrogens (tertiary/aromatic N) is 1. The molecule has 0 aliphatic heterocycles. The van der Waals surface area contributed by atoms with E-state index in [1.165, 1.54) is 0 Å². The van der Waals surface area contributed by atoms with Gasteiger partial charge in [0.1, 0.15) is 0 Å². The standard InChI is InChI=1S/C21H12BrNO/c1-11-6-7-14-20-16(11)9-23-10-17(20)19-13-5-3-2-4-12(13)18(22)8-15(19)21(14)24/h2-10H,1H3. The first-order valence-electron chi connectivity index (χ1n) is 7.80. The molecule has 0 fully saturated rings. The summed E-state index contributed by atoms with van der Waals surface area (Å²) in [5, 5.41) is 4.26. The highest BCUT2D eigenvalue weighted by Crippen LogP contribution is 2.44. The number of hydrogen-bond donors (Lipinski definition) is 0. The second-order valence-corrected chi connectivity index (χ2v) is 7.05. The van der Waals surface area contributed by atoms with Crippen molar-refractivity contribution in [3.8, 4) is 11.1 Å². The summed E-state index contributed by atoms with van der Waals surface area (Å²) in [5.74, 6) is 0.0835. The van der Waals surface area contributed by atoms with Gasteiger partial charge in [0.15, 0.2) is 5.78 Å². The van der Waals surface area contributed by atoms with Gasteiger partial charge in [-0.15, -0.1) is 0 Å². The van der Waals surface area contributed by atoms with Crippen LogP contribution in [-0.2, 0) is 0 Å². The zero-order chi connectivity index (χ0) is 16.4. The summed E-state index contributed by atoms with van der Waals surface area (Å²) in [7, 11) is 0. The maximum Gasteiger partial charge on any atom is 0.194 e. The Balaban J connectivity index is 2.08. The zero-order valence-electron chi connectivity index (χ0n) is 12.9. The van der Waals surface area contributed by atoms with Gasteiger partial charge in [-0.2, -0.15) is 0 Å². The van der Waals surface area contributed by atoms with Crippen LogP contribution in [0.15, 0.2) is 59.3 Å². The maximum absolute atomic E-state index is 13.2. The number of carbonyl (C=O) groups excluding carboxylic acids is 1. The average Bonchev–Trinajstić information content (AvgIpc) is 2.61. The Bertz CT molecular complexity index is 1190. The van der Waals surface area contributed by atoms with Gasteiger partial charge in [-0.3, -0.25) is 9.78 Å². The number of aromatic nitrogens is 1. The number of halogens is 1. The lowest BCUT2D eigenvalue weighted by Gasteiger charge is -2.22. The summed E-state index contributed by atoms with van der Waals surface area (Å²) in [6.45, 7) is 2.06. The molecule has 1 heterocycles. The predicted octanol–water partition coefficient (Wildman–Crippen LogP) is 5.67. The van der Waals surface area contributed by atoms with Crippen molar-refractivity contribution in [2.75, 3.05) is 0 Å². The van der Waals surface area contributed by atoms with E-state index in [9.17, 15) is 4.79 Å². The van der Waals surface area contributed by atoms with E-state index in [4.69, 9.17) is 0 Å². The highest BCUT2D eigenvalue weighted by Gasteiger charge is 2.28. The fourth-order valence-electron chi connectivity index (χ4n) is 3.76. The third-order valence-electron chi connectivity index (χ3n) is 4.89. The lowest BCUT2D eigenvalue weighted by Crippen LogP contribution is -2.11. The van der Waals surface area contributed by atoms with Gasteiger partial charge in [-0.05, 0) is 29.3 Å². The molecule has 5 rings (SSSR count). The summed E-state index contributed by atoms with van der Waals surface area (Å²) in [6.07, 6.45) is 3.74. The molecule has 2 nitrogen and oxygen atoms in total. The van der Waals surface area contributed by atoms with Crippen molar-refractivity contribution in [3.05, 3.63) is 76.0 Å². The van der Waals surface area contributed by atoms with Crippen molar-refractivity contribution in [3.63, 3.8) is 0 Å². The Morgan fingerprint density at radius 1 is 0.875 bits per heavy atom. The molecule has 1 aliphatic carbocycles. The molecule has 1 aromatic heterocycles. The fraction of sp³-hybridized carbons (Fsp3) is 0.0476. The maximum atomic E-state index is 13.2. The average molecular weight is 374 g/mol. The molecular weight excluding hydrogens is 362 g/mol. The van der Waals surface area contributed by atoms with Crippen LogP contribution in [0.4, 0.5) is 0 Å². The number of fused-ring (bicyclic) bond motifs is 4. The first-order valence-corrected chi connectivity index (χ1v) is 8.60. The Morgan fingerprint density at radius 2 is 1.67 bits per heavy atom. The van der Waals surface area contributed by atoms with E-state index in [0.717, 1.165) is 53.8 Å². The van der Waals surface area contributed by atoms with Crippen molar-refractivity contribution in [2.45, 2.75) is 6.92 Å². The number of carbonyl (C=O) groups is 1. The summed E-state index contributed by atoms with van der Waals surface area (Å²) in [4.78, 5) is 17.6. The quantitative estimate of drug-likeness (QED) is 0.350. The van der Waals surface area contributed by atoms with Gasteiger partial charge in [0.25, 0.3) is 0 Å². The SMILES string of the molecule is Cc1ccc2c3c(cncc13)-c1c(cc(Br)c3ccccc13)C2=O. The van der Waals surface area contributed by atoms with Crippen LogP contribution in [0.5, 0.6) is 0 Å². The van der Waals surface area contributed by atoms with Crippen LogP contribution >= 0.6 is 15.9 Å². The fourth-order valence-corrected chi connectivity index (χ4v) is 4.33. The number of hydrogen-bond acceptors (Lipinski definition) is 2. The molecule has 0 atom stereocenters. The van der Waals surface area contributed by atoms with Gasteiger partial charge < -0.3 is 0 Å². The van der Waals surface area contributed by atoms with Gasteiger partial charge in [-0.25, -0.2) is 0 Å². The second-order valence-electron chi connectivity index (χ2n) is 6.20. The molecule has 0 saturated carbocycles. The van der Waals surface area contributed by atoms with E-state index in [-0.39, 0.29) is 5.78 Å². The van der Waals surface area contributed by atoms with Gasteiger partial charge in [-0.1, -0.05) is 52.3 Å². The smallest absolute Gasteiger partial charge is 0.194 e. The van der Waals surface area contributed by atoms with Crippen LogP contribution in [0.1, 0.15) is 21.5 Å². The molecule has 0 spiro atoms. The molecule has 3 aromatic carbocycles. The normalized spacial score (nSPS) is 12.7. The Kier molecular flexibility index (Phi) is 2.74. The van der Waals surface area contributed by atoms with Gasteiger partial charge in [0, 0.05) is 49.9 Å². The third-order valence-corrected chi connectivity index (χ3v) is 5.55. The summed E-state index contributed by atoms with van der Waals surface area (Å²) < 4.78 is 0.945. The summed E-state index contributed by atoms with van der Waals surface area (Å²) >= 11 is 3.62. The molecule has 1 aliphatic rings. The van der Waals surface area contributed by atoms with Gasteiger partial charge in [0.05, 0.1) is 0 Å². The lowest BCUT2D eigenvalue weighted by atomic mass is 9.81. The minimum Gasteiger partial charge on any atom is -0.289 e. The number of pyridine rings is 1. The first kappa shape index (κ1) is 13.9. The Labute approximate surface area is 147 Å². The van der Waals surface area contributed by atoms with Crippen molar-refractivity contribution in [1.29, 1.82) is 0 Å². The molecule has 3 heteroatoms. The topological polar surface area (TPSA) is 30.0 Å². The van der Waals surface area contributed by atoms with E-state index < -0.39 is 0 Å². The monoisotopic (exact) mass is 373 g/mol. The van der Waals surface area contributed by atoms with Gasteiger partial charge in [0.2, 0.25) is 0 Å². The van der Waals surface area contributed by atoms with Crippen LogP contribution in [0.2, 0.25) is 0 Å². The molecular formula is C21H12BrNO. The largest absolute Gasteiger partial charge is 0.289 e. The van der Waals surface area contributed by atoms with Crippen LogP contribution in [0.3, 0.4) is 0 Å². The molecule has 0 N–H and O–H groups in total. The van der Waals surface area contributed by atoms with Crippen LogP contribution in [0.25, 0.3) is 32.7 Å². The third kappa shape index (κ3) is 1.65. The zero-order valence-corrected chi connectivity index (χ0v) is 14.5. The van der Waals surface area contributed by atoms with E-state index in [1.807, 2.05) is 42.7 Å². The van der Waals surface area contributed by atoms with E-state index in [0.29, 0.717) is 0 Å². The molecule has 0 unspecified atom stereocenters. The molecule has 114 valence electrons. The first-order chi connectivity index (χ1) is 11.7. The van der Waals surface area contributed by atoms with Crippen LogP contribution < -0.4 is 0 Å². The minimum absolute atomic E-state index is 0.0835. The number of benzene rings is 3. The highest BCUT2D eigenvalue weighted by molar-refractivity contribution is 9.10. The highest BCUT2D eigenvalue weighted by atomic mass is 79.9. The molecule has 0 radical (unpaired) electrons. The molecule has 4 aromatic rings. The van der Waals surface area contributed by atoms with Crippen molar-refractivity contribution in [2.24, 2.45) is 0 Å². The predicted molar refractivity (Wildman–Crippen MR) is 101 cm³/mol. The van der Waals surface area contributed by atoms with Crippen molar-refractivity contribution < 1.29 is 4.79 Å². The minimum atomic E-state index is 0.0835. The van der Waals surface area contributed by atoms with E-state index in [2.05, 4.69) is 40.0 Å². The molecule has 0 bridgehead atoms. The summed E-state index contributed by atoms with van der Waals surface area (Å²) in [5.41, 5.74) is 4.69. The molecule has 24 heavy (non-hydrogen) atoms. The lowest BCUT2D eigenvalue weighted by molar-refractivity contribution is 0.104. The second kappa shape index (κ2) is 4.74. The van der Waals surface area contributed by atoms with E-state index >= 15 is 0 Å². The number of aryl methyl sites for hydroxylation is 1. The molecule has 0 amide bonds. The van der Waals surface area contributed by atoms with Crippen molar-refractivity contribution in [1.82, 2.24) is 4.98 Å². The van der Waals surface area contributed by atoms with Crippen LogP contribution in [-0.4, -0.2) is 10.8 Å².